The topological polar surface area (TPSA) is 37.3 Å². The van der Waals surface area contributed by atoms with Crippen molar-refractivity contribution in [1.29, 1.82) is 0 Å². The van der Waals surface area contributed by atoms with Crippen molar-refractivity contribution in [3.8, 4) is 0 Å². The molecule has 0 spiro atoms. The zero-order chi connectivity index (χ0) is 6.85. The fourth-order valence-electron chi connectivity index (χ4n) is 1.51. The van der Waals surface area contributed by atoms with Gasteiger partial charge in [0.2, 0.25) is 0 Å². The summed E-state index contributed by atoms with van der Waals surface area (Å²) in [6.07, 6.45) is 3.08. The summed E-state index contributed by atoms with van der Waals surface area (Å²) in [7, 11) is 0. The molecule has 0 aliphatic heterocycles. The van der Waals surface area contributed by atoms with Crippen LogP contribution < -0.4 is 0 Å². The predicted octanol–water partition coefficient (Wildman–Crippen LogP) is 0.323. The predicted molar refractivity (Wildman–Crippen MR) is 44.1 cm³/mol. The van der Waals surface area contributed by atoms with Crippen LogP contribution in [0.25, 0.3) is 0 Å². The molecule has 10 heavy (non-hydrogen) atoms. The maximum atomic E-state index is 10.4. The fraction of sp³-hybridized carbons (Fsp3) is 0.857. The van der Waals surface area contributed by atoms with Crippen LogP contribution in [0.2, 0.25) is 0 Å². The number of rotatable bonds is 1. The van der Waals surface area contributed by atoms with Crippen LogP contribution in [0, 0.1) is 11.8 Å². The van der Waals surface area contributed by atoms with Gasteiger partial charge in [-0.05, 0) is 18.8 Å². The zero-order valence-corrected chi connectivity index (χ0v) is 5.63. The van der Waals surface area contributed by atoms with Gasteiger partial charge in [0.05, 0.1) is 5.92 Å². The third kappa shape index (κ3) is 2.00. The quantitative estimate of drug-likeness (QED) is 0.558. The van der Waals surface area contributed by atoms with Crippen LogP contribution in [0.3, 0.4) is 0 Å². The molecule has 1 saturated carbocycles. The molecular weight excluding hydrogens is 143 g/mol. The number of aliphatic carboxylic acids is 1. The average Bonchev–Trinajstić information content (AvgIpc) is 2.13. The first-order valence-corrected chi connectivity index (χ1v) is 3.44. The highest BCUT2D eigenvalue weighted by Crippen LogP contribution is 2.30. The molecule has 1 fully saturated rings. The van der Waals surface area contributed by atoms with Crippen LogP contribution in [-0.2, 0) is 4.79 Å². The lowest BCUT2D eigenvalue weighted by atomic mass is 9.99. The Hall–Kier alpha value is 0.00247. The molecule has 0 amide bonds. The highest BCUT2D eigenvalue weighted by molar-refractivity contribution is 5.75. The number of carbonyl (C=O) groups is 1. The Bertz CT molecular complexity index is 125. The van der Waals surface area contributed by atoms with Crippen molar-refractivity contribution in [3.05, 3.63) is 0 Å². The normalized spacial score (nSPS) is 31.3. The maximum absolute atomic E-state index is 10.4. The van der Waals surface area contributed by atoms with E-state index in [1.807, 2.05) is 6.92 Å². The van der Waals surface area contributed by atoms with Gasteiger partial charge in [-0.2, -0.15) is 0 Å². The molecule has 58 valence electrons. The van der Waals surface area contributed by atoms with E-state index in [4.69, 9.17) is 5.11 Å². The molecule has 1 aliphatic rings. The second-order valence-electron chi connectivity index (χ2n) is 2.85. The van der Waals surface area contributed by atoms with E-state index in [1.165, 1.54) is 0 Å². The van der Waals surface area contributed by atoms with Gasteiger partial charge in [-0.3, -0.25) is 4.79 Å². The van der Waals surface area contributed by atoms with E-state index in [0.717, 1.165) is 19.3 Å². The van der Waals surface area contributed by atoms with Crippen LogP contribution in [0.15, 0.2) is 0 Å². The molecule has 0 radical (unpaired) electrons. The monoisotopic (exact) mass is 158 g/mol. The van der Waals surface area contributed by atoms with Crippen molar-refractivity contribution in [1.82, 2.24) is 0 Å². The van der Waals surface area contributed by atoms with Crippen LogP contribution in [0.4, 0.5) is 0 Å². The van der Waals surface area contributed by atoms with E-state index in [2.05, 4.69) is 0 Å². The average molecular weight is 158 g/mol. The second-order valence-corrected chi connectivity index (χ2v) is 2.85. The van der Waals surface area contributed by atoms with Gasteiger partial charge in [-0.1, -0.05) is 13.3 Å². The number of hydrogen-bond donors (Lipinski definition) is 1. The first-order chi connectivity index (χ1) is 4.22. The highest BCUT2D eigenvalue weighted by Gasteiger charge is 2.28. The highest BCUT2D eigenvalue weighted by atomic mass is 27.0. The van der Waals surface area contributed by atoms with Crippen LogP contribution in [0.1, 0.15) is 26.2 Å². The van der Waals surface area contributed by atoms with Crippen LogP contribution in [0.5, 0.6) is 0 Å². The molecular formula is C7H15AlO2. The van der Waals surface area contributed by atoms with Crippen LogP contribution >= 0.6 is 0 Å². The first-order valence-electron chi connectivity index (χ1n) is 3.44. The molecule has 0 aromatic heterocycles. The Balaban J connectivity index is 0.000000810. The van der Waals surface area contributed by atoms with Gasteiger partial charge in [-0.15, -0.1) is 0 Å². The Labute approximate surface area is 71.8 Å². The molecule has 1 aliphatic carbocycles. The summed E-state index contributed by atoms with van der Waals surface area (Å²) < 4.78 is 0. The SMILES string of the molecule is CC1CCCC1C(=O)O.[AlH3]. The lowest BCUT2D eigenvalue weighted by molar-refractivity contribution is -0.142. The molecule has 1 N–H and O–H groups in total. The van der Waals surface area contributed by atoms with Gasteiger partial charge in [0.15, 0.2) is 17.4 Å². The standard InChI is InChI=1S/C7H12O2.Al.3H/c1-5-3-2-4-6(5)7(8)9;;;;/h5-6H,2-4H2,1H3,(H,8,9);;;;. The molecule has 0 bridgehead atoms. The minimum absolute atomic E-state index is 0. The van der Waals surface area contributed by atoms with E-state index in [0.29, 0.717) is 5.92 Å². The molecule has 0 heterocycles. The minimum atomic E-state index is -0.611. The van der Waals surface area contributed by atoms with Gasteiger partial charge in [0.1, 0.15) is 0 Å². The van der Waals surface area contributed by atoms with Crippen molar-refractivity contribution < 1.29 is 9.90 Å². The van der Waals surface area contributed by atoms with E-state index in [1.54, 1.807) is 0 Å². The smallest absolute Gasteiger partial charge is 0.306 e. The van der Waals surface area contributed by atoms with Crippen LogP contribution in [-0.4, -0.2) is 28.4 Å². The Morgan fingerprint density at radius 1 is 1.50 bits per heavy atom. The second kappa shape index (κ2) is 4.00. The minimum Gasteiger partial charge on any atom is -0.481 e. The number of carboxylic acid groups (broad SMARTS) is 1. The summed E-state index contributed by atoms with van der Waals surface area (Å²) in [5.74, 6) is -0.257. The van der Waals surface area contributed by atoms with Gasteiger partial charge < -0.3 is 5.11 Å². The van der Waals surface area contributed by atoms with Gasteiger partial charge in [0.25, 0.3) is 0 Å². The summed E-state index contributed by atoms with van der Waals surface area (Å²) in [6.45, 7) is 2.02. The Morgan fingerprint density at radius 3 is 2.30 bits per heavy atom. The van der Waals surface area contributed by atoms with E-state index < -0.39 is 5.97 Å². The zero-order valence-electron chi connectivity index (χ0n) is 5.63. The van der Waals surface area contributed by atoms with Crippen molar-refractivity contribution >= 4 is 23.3 Å². The largest absolute Gasteiger partial charge is 0.481 e. The molecule has 0 saturated heterocycles. The summed E-state index contributed by atoms with van der Waals surface area (Å²) in [6, 6.07) is 0. The molecule has 0 aromatic rings. The molecule has 2 unspecified atom stereocenters. The van der Waals surface area contributed by atoms with E-state index in [-0.39, 0.29) is 23.3 Å². The van der Waals surface area contributed by atoms with Crippen molar-refractivity contribution in [3.63, 3.8) is 0 Å². The van der Waals surface area contributed by atoms with E-state index >= 15 is 0 Å². The molecule has 1 rings (SSSR count). The third-order valence-electron chi connectivity index (χ3n) is 2.18. The first kappa shape index (κ1) is 10.0. The summed E-state index contributed by atoms with van der Waals surface area (Å²) >= 11 is 0. The number of carboxylic acids is 1. The lowest BCUT2D eigenvalue weighted by Gasteiger charge is -2.07. The van der Waals surface area contributed by atoms with Gasteiger partial charge in [-0.25, -0.2) is 0 Å². The molecule has 0 aromatic carbocycles. The van der Waals surface area contributed by atoms with Gasteiger partial charge >= 0.3 is 5.97 Å². The fourth-order valence-corrected chi connectivity index (χ4v) is 1.51. The summed E-state index contributed by atoms with van der Waals surface area (Å²) in [5, 5.41) is 8.58. The third-order valence-corrected chi connectivity index (χ3v) is 2.18. The molecule has 3 heteroatoms. The lowest BCUT2D eigenvalue weighted by Crippen LogP contribution is -2.15. The molecule has 2 atom stereocenters. The number of hydrogen-bond acceptors (Lipinski definition) is 1. The van der Waals surface area contributed by atoms with Crippen molar-refractivity contribution in [2.24, 2.45) is 11.8 Å². The Morgan fingerprint density at radius 2 is 2.10 bits per heavy atom. The van der Waals surface area contributed by atoms with Crippen molar-refractivity contribution in [2.45, 2.75) is 26.2 Å². The van der Waals surface area contributed by atoms with Crippen molar-refractivity contribution in [2.75, 3.05) is 0 Å². The van der Waals surface area contributed by atoms with E-state index in [9.17, 15) is 4.79 Å². The van der Waals surface area contributed by atoms with Gasteiger partial charge in [0, 0.05) is 0 Å². The molecule has 2 nitrogen and oxygen atoms in total. The summed E-state index contributed by atoms with van der Waals surface area (Å²) in [4.78, 5) is 10.4. The maximum Gasteiger partial charge on any atom is 0.306 e. The Kier molecular flexibility index (Phi) is 4.00. The summed E-state index contributed by atoms with van der Waals surface area (Å²) in [5.41, 5.74) is 0.